The van der Waals surface area contributed by atoms with Gasteiger partial charge in [0, 0.05) is 0 Å². The maximum Gasteiger partial charge on any atom is 0.240 e. The molecule has 1 atom stereocenters. The molecule has 0 aliphatic heterocycles. The van der Waals surface area contributed by atoms with Gasteiger partial charge in [-0.25, -0.2) is 4.98 Å². The van der Waals surface area contributed by atoms with E-state index >= 15 is 0 Å². The van der Waals surface area contributed by atoms with Crippen LogP contribution in [0.2, 0.25) is 0 Å². The first-order chi connectivity index (χ1) is 8.80. The van der Waals surface area contributed by atoms with E-state index in [2.05, 4.69) is 15.4 Å². The van der Waals surface area contributed by atoms with E-state index in [9.17, 15) is 0 Å². The molecule has 6 nitrogen and oxygen atoms in total. The minimum atomic E-state index is -0.0131. The Morgan fingerprint density at radius 1 is 1.33 bits per heavy atom. The second kappa shape index (κ2) is 5.97. The predicted molar refractivity (Wildman–Crippen MR) is 67.2 cm³/mol. The number of aromatic nitrogens is 2. The zero-order chi connectivity index (χ0) is 13.0. The van der Waals surface area contributed by atoms with Crippen molar-refractivity contribution in [1.82, 2.24) is 15.4 Å². The second-order valence-electron chi connectivity index (χ2n) is 4.50. The Bertz CT molecular complexity index is 394. The minimum Gasteiger partial charge on any atom is -0.480 e. The maximum atomic E-state index is 5.67. The molecule has 1 aliphatic carbocycles. The summed E-state index contributed by atoms with van der Waals surface area (Å²) in [6.07, 6.45) is 6.40. The third kappa shape index (κ3) is 2.54. The zero-order valence-electron chi connectivity index (χ0n) is 10.8. The van der Waals surface area contributed by atoms with E-state index in [4.69, 9.17) is 15.3 Å². The summed E-state index contributed by atoms with van der Waals surface area (Å²) < 4.78 is 10.3. The van der Waals surface area contributed by atoms with Crippen molar-refractivity contribution in [1.29, 1.82) is 0 Å². The molecule has 3 N–H and O–H groups in total. The summed E-state index contributed by atoms with van der Waals surface area (Å²) in [7, 11) is 3.13. The molecule has 1 aliphatic rings. The molecule has 1 fully saturated rings. The second-order valence-corrected chi connectivity index (χ2v) is 4.50. The molecule has 0 amide bonds. The summed E-state index contributed by atoms with van der Waals surface area (Å²) in [5, 5.41) is 0. The summed E-state index contributed by atoms with van der Waals surface area (Å²) in [6.45, 7) is 0. The van der Waals surface area contributed by atoms with E-state index in [0.717, 1.165) is 18.5 Å². The zero-order valence-corrected chi connectivity index (χ0v) is 10.8. The molecule has 0 spiro atoms. The van der Waals surface area contributed by atoms with Gasteiger partial charge in [-0.2, -0.15) is 4.98 Å². The SMILES string of the molecule is COc1cnc(C(NN)C2CCCC2)c(OC)n1. The molecule has 18 heavy (non-hydrogen) atoms. The van der Waals surface area contributed by atoms with Crippen LogP contribution in [0.15, 0.2) is 6.20 Å². The highest BCUT2D eigenvalue weighted by Gasteiger charge is 2.29. The third-order valence-corrected chi connectivity index (χ3v) is 3.49. The monoisotopic (exact) mass is 252 g/mol. The Balaban J connectivity index is 2.28. The van der Waals surface area contributed by atoms with Crippen LogP contribution in [0.1, 0.15) is 37.4 Å². The van der Waals surface area contributed by atoms with E-state index in [1.54, 1.807) is 20.4 Å². The van der Waals surface area contributed by atoms with Crippen LogP contribution >= 0.6 is 0 Å². The fraction of sp³-hybridized carbons (Fsp3) is 0.667. The van der Waals surface area contributed by atoms with Crippen LogP contribution in [0.4, 0.5) is 0 Å². The van der Waals surface area contributed by atoms with E-state index in [1.165, 1.54) is 12.8 Å². The first-order valence-electron chi connectivity index (χ1n) is 6.21. The molecule has 1 aromatic heterocycles. The molecule has 6 heteroatoms. The molecule has 1 saturated carbocycles. The van der Waals surface area contributed by atoms with Crippen molar-refractivity contribution >= 4 is 0 Å². The van der Waals surface area contributed by atoms with Crippen molar-refractivity contribution < 1.29 is 9.47 Å². The Hall–Kier alpha value is -1.40. The van der Waals surface area contributed by atoms with Crippen LogP contribution in [0.25, 0.3) is 0 Å². The lowest BCUT2D eigenvalue weighted by atomic mass is 9.96. The third-order valence-electron chi connectivity index (χ3n) is 3.49. The number of ether oxygens (including phenoxy) is 2. The normalized spacial score (nSPS) is 17.7. The van der Waals surface area contributed by atoms with Crippen molar-refractivity contribution in [2.24, 2.45) is 11.8 Å². The van der Waals surface area contributed by atoms with E-state index in [1.807, 2.05) is 0 Å². The fourth-order valence-electron chi connectivity index (χ4n) is 2.56. The van der Waals surface area contributed by atoms with Crippen LogP contribution in [-0.2, 0) is 0 Å². The molecule has 0 aromatic carbocycles. The van der Waals surface area contributed by atoms with Gasteiger partial charge < -0.3 is 9.47 Å². The van der Waals surface area contributed by atoms with Crippen molar-refractivity contribution in [3.05, 3.63) is 11.9 Å². The van der Waals surface area contributed by atoms with E-state index < -0.39 is 0 Å². The number of nitrogens with zero attached hydrogens (tertiary/aromatic N) is 2. The van der Waals surface area contributed by atoms with Crippen molar-refractivity contribution in [2.75, 3.05) is 14.2 Å². The number of nitrogens with one attached hydrogen (secondary N) is 1. The molecule has 0 saturated heterocycles. The predicted octanol–water partition coefficient (Wildman–Crippen LogP) is 1.19. The molecule has 100 valence electrons. The van der Waals surface area contributed by atoms with Crippen LogP contribution in [0.5, 0.6) is 11.8 Å². The minimum absolute atomic E-state index is 0.0131. The van der Waals surface area contributed by atoms with Gasteiger partial charge in [-0.1, -0.05) is 12.8 Å². The van der Waals surface area contributed by atoms with Crippen LogP contribution in [-0.4, -0.2) is 24.2 Å². The summed E-state index contributed by atoms with van der Waals surface area (Å²) >= 11 is 0. The highest BCUT2D eigenvalue weighted by Crippen LogP contribution is 2.37. The Morgan fingerprint density at radius 3 is 2.61 bits per heavy atom. The van der Waals surface area contributed by atoms with Gasteiger partial charge in [0.05, 0.1) is 26.5 Å². The van der Waals surface area contributed by atoms with Crippen LogP contribution in [0.3, 0.4) is 0 Å². The maximum absolute atomic E-state index is 5.67. The number of hydrazine groups is 1. The van der Waals surface area contributed by atoms with Crippen LogP contribution in [0, 0.1) is 5.92 Å². The molecule has 1 unspecified atom stereocenters. The van der Waals surface area contributed by atoms with Gasteiger partial charge in [-0.05, 0) is 18.8 Å². The fourth-order valence-corrected chi connectivity index (χ4v) is 2.56. The number of methoxy groups -OCH3 is 2. The van der Waals surface area contributed by atoms with Gasteiger partial charge in [0.25, 0.3) is 0 Å². The Morgan fingerprint density at radius 2 is 2.06 bits per heavy atom. The average molecular weight is 252 g/mol. The van der Waals surface area contributed by atoms with Crippen LogP contribution < -0.4 is 20.7 Å². The molecule has 2 rings (SSSR count). The van der Waals surface area contributed by atoms with Crippen molar-refractivity contribution in [2.45, 2.75) is 31.7 Å². The first kappa shape index (κ1) is 13.0. The molecule has 0 bridgehead atoms. The molecule has 1 aromatic rings. The Kier molecular flexibility index (Phi) is 4.33. The number of hydrogen-bond donors (Lipinski definition) is 2. The highest BCUT2D eigenvalue weighted by molar-refractivity contribution is 5.26. The van der Waals surface area contributed by atoms with Gasteiger partial charge in [-0.15, -0.1) is 0 Å². The largest absolute Gasteiger partial charge is 0.480 e. The number of rotatable bonds is 5. The van der Waals surface area contributed by atoms with Gasteiger partial charge in [0.15, 0.2) is 0 Å². The lowest BCUT2D eigenvalue weighted by molar-refractivity contribution is 0.321. The summed E-state index contributed by atoms with van der Waals surface area (Å²) in [5.41, 5.74) is 3.61. The van der Waals surface area contributed by atoms with Crippen molar-refractivity contribution in [3.63, 3.8) is 0 Å². The lowest BCUT2D eigenvalue weighted by Crippen LogP contribution is -2.33. The molecule has 0 radical (unpaired) electrons. The topological polar surface area (TPSA) is 82.3 Å². The van der Waals surface area contributed by atoms with Gasteiger partial charge in [0.1, 0.15) is 5.69 Å². The molecular formula is C12H20N4O2. The van der Waals surface area contributed by atoms with Gasteiger partial charge in [-0.3, -0.25) is 11.3 Å². The highest BCUT2D eigenvalue weighted by atomic mass is 16.5. The number of nitrogens with two attached hydrogens (primary N) is 1. The first-order valence-corrected chi connectivity index (χ1v) is 6.21. The molecular weight excluding hydrogens is 232 g/mol. The average Bonchev–Trinajstić information content (AvgIpc) is 2.94. The summed E-state index contributed by atoms with van der Waals surface area (Å²) in [6, 6.07) is -0.0131. The van der Waals surface area contributed by atoms with E-state index in [0.29, 0.717) is 17.7 Å². The molecule has 1 heterocycles. The van der Waals surface area contributed by atoms with E-state index in [-0.39, 0.29) is 6.04 Å². The van der Waals surface area contributed by atoms with Gasteiger partial charge >= 0.3 is 0 Å². The van der Waals surface area contributed by atoms with Gasteiger partial charge in [0.2, 0.25) is 11.8 Å². The van der Waals surface area contributed by atoms with Crippen molar-refractivity contribution in [3.8, 4) is 11.8 Å². The Labute approximate surface area is 107 Å². The smallest absolute Gasteiger partial charge is 0.240 e. The quantitative estimate of drug-likeness (QED) is 0.605. The standard InChI is InChI=1S/C12H20N4O2/c1-17-9-7-14-11(12(15-9)18-2)10(16-13)8-5-3-4-6-8/h7-8,10,16H,3-6,13H2,1-2H3. The lowest BCUT2D eigenvalue weighted by Gasteiger charge is -2.23. The summed E-state index contributed by atoms with van der Waals surface area (Å²) in [5.74, 6) is 7.08. The summed E-state index contributed by atoms with van der Waals surface area (Å²) in [4.78, 5) is 8.63. The number of hydrogen-bond acceptors (Lipinski definition) is 6.